The van der Waals surface area contributed by atoms with Crippen molar-refractivity contribution in [2.45, 2.75) is 61.4 Å². The van der Waals surface area contributed by atoms with Gasteiger partial charge in [-0.2, -0.15) is 0 Å². The van der Waals surface area contributed by atoms with Gasteiger partial charge in [-0.1, -0.05) is 0 Å². The Labute approximate surface area is 281 Å². The Hall–Kier alpha value is 0.610. The van der Waals surface area contributed by atoms with E-state index in [0.717, 1.165) is 0 Å². The summed E-state index contributed by atoms with van der Waals surface area (Å²) in [5.74, 6) is 0. The van der Waals surface area contributed by atoms with Crippen LogP contribution in [0.2, 0.25) is 0 Å². The molecule has 51 heavy (non-hydrogen) atoms. The van der Waals surface area contributed by atoms with Gasteiger partial charge in [0.1, 0.15) is 48.8 Å². The lowest BCUT2D eigenvalue weighted by molar-refractivity contribution is -0.347. The minimum atomic E-state index is -6.10. The Balaban J connectivity index is 2.87. The number of phosphoric acid groups is 7. The van der Waals surface area contributed by atoms with Gasteiger partial charge in [0, 0.05) is 0 Å². The normalized spacial score (nSPS) is 32.2. The topological polar surface area (TPSA) is 515 Å². The highest BCUT2D eigenvalue weighted by Gasteiger charge is 2.59. The molecule has 1 unspecified atom stereocenters. The van der Waals surface area contributed by atoms with Gasteiger partial charge in [0.05, 0.1) is 13.2 Å². The molecule has 304 valence electrons. The van der Waals surface area contributed by atoms with E-state index in [-0.39, 0.29) is 0 Å². The Kier molecular flexibility index (Phi) is 16.3. The number of rotatable bonds is 18. The molecule has 39 heteroatoms. The van der Waals surface area contributed by atoms with Crippen molar-refractivity contribution in [1.82, 2.24) is 0 Å². The van der Waals surface area contributed by atoms with Crippen LogP contribution in [0.3, 0.4) is 0 Å². The highest BCUT2D eigenvalue weighted by Crippen LogP contribution is 2.53. The third-order valence-electron chi connectivity index (χ3n) is 5.60. The van der Waals surface area contributed by atoms with Crippen molar-refractivity contribution in [2.24, 2.45) is 0 Å². The Bertz CT molecular complexity index is 1510. The summed E-state index contributed by atoms with van der Waals surface area (Å²) < 4.78 is 127. The summed E-state index contributed by atoms with van der Waals surface area (Å²) in [7, 11) is -41.2. The van der Waals surface area contributed by atoms with Crippen molar-refractivity contribution < 1.29 is 151 Å². The minimum Gasteiger partial charge on any atom is -0.366 e. The zero-order valence-electron chi connectivity index (χ0n) is 24.0. The molecular formula is C12H29O32P7. The van der Waals surface area contributed by atoms with E-state index in [1.54, 1.807) is 0 Å². The van der Waals surface area contributed by atoms with Crippen LogP contribution in [0.4, 0.5) is 0 Å². The van der Waals surface area contributed by atoms with E-state index in [9.17, 15) is 86.0 Å². The first-order valence-electron chi connectivity index (χ1n) is 12.3. The minimum absolute atomic E-state index is 1.58. The summed E-state index contributed by atoms with van der Waals surface area (Å²) in [6, 6.07) is 0. The van der Waals surface area contributed by atoms with Crippen LogP contribution in [0.5, 0.6) is 0 Å². The predicted octanol–water partition coefficient (Wildman–Crippen LogP) is -4.58. The largest absolute Gasteiger partial charge is 0.470 e. The second-order valence-electron chi connectivity index (χ2n) is 9.58. The highest BCUT2D eigenvalue weighted by molar-refractivity contribution is 7.47. The standard InChI is InChI=1S/C12H29O32P7/c13-11-9(43-50(29,30)31)7(41-48(23,24)25)5(3(37-11)1-35-45(14,15)16)39-12-10(44-51(32,33)34)8(42-49(26,27)28)6(40-47(20,21)22)4(38-12)2-36-46(17,18)19/h3-13H,1-2H2,(H2,14,15,16)(H2,17,18,19)(H2,20,21,22)(H2,23,24,25)(H2,26,27,28)(H2,29,30,31)(H2,32,33,34)/t3-,4-,5-,6+,7+,8+,9-,10-,11?,12+/m1/s1. The van der Waals surface area contributed by atoms with Gasteiger partial charge in [0.2, 0.25) is 0 Å². The number of phosphoric ester groups is 7. The van der Waals surface area contributed by atoms with Crippen molar-refractivity contribution in [3.63, 3.8) is 0 Å². The molecule has 0 spiro atoms. The molecule has 15 N–H and O–H groups in total. The van der Waals surface area contributed by atoms with Gasteiger partial charge in [-0.15, -0.1) is 0 Å². The third-order valence-corrected chi connectivity index (χ3v) is 9.16. The molecule has 0 aromatic carbocycles. The average Bonchev–Trinajstić information content (AvgIpc) is 2.84. The second kappa shape index (κ2) is 17.4. The van der Waals surface area contributed by atoms with Crippen LogP contribution in [-0.2, 0) is 77.8 Å². The molecule has 2 aliphatic heterocycles. The van der Waals surface area contributed by atoms with Crippen molar-refractivity contribution in [1.29, 1.82) is 0 Å². The second-order valence-corrected chi connectivity index (χ2v) is 18.0. The summed E-state index contributed by atoms with van der Waals surface area (Å²) in [5.41, 5.74) is 0. The number of aliphatic hydroxyl groups excluding tert-OH is 1. The van der Waals surface area contributed by atoms with Crippen LogP contribution in [0.1, 0.15) is 0 Å². The predicted molar refractivity (Wildman–Crippen MR) is 145 cm³/mol. The molecule has 2 rings (SSSR count). The maximum Gasteiger partial charge on any atom is 0.470 e. The fourth-order valence-electron chi connectivity index (χ4n) is 4.20. The van der Waals surface area contributed by atoms with E-state index in [1.807, 2.05) is 0 Å². The zero-order valence-corrected chi connectivity index (χ0v) is 30.2. The number of hydrogen-bond donors (Lipinski definition) is 15. The molecule has 0 saturated carbocycles. The lowest BCUT2D eigenvalue weighted by Crippen LogP contribution is -2.65. The Morgan fingerprint density at radius 2 is 0.706 bits per heavy atom. The van der Waals surface area contributed by atoms with E-state index in [2.05, 4.69) is 31.7 Å². The lowest BCUT2D eigenvalue weighted by Gasteiger charge is -2.49. The summed E-state index contributed by atoms with van der Waals surface area (Å²) in [6.07, 6.45) is -28.3. The molecule has 0 bridgehead atoms. The van der Waals surface area contributed by atoms with Crippen LogP contribution in [0.25, 0.3) is 0 Å². The fraction of sp³-hybridized carbons (Fsp3) is 1.00. The molecule has 32 nitrogen and oxygen atoms in total. The number of hydrogen-bond acceptors (Lipinski definition) is 18. The summed E-state index contributed by atoms with van der Waals surface area (Å²) in [5, 5.41) is 10.4. The SMILES string of the molecule is O=P(O)(O)OC[C@H]1O[C@@H](O[C@H]2[C@H](OP(=O)(O)O)[C@@H](OP(=O)(O)O)C(O)O[C@@H]2COP(=O)(O)O)[C@H](OP(=O)(O)O)[C@@H](OP(=O)(O)O)[C@H]1OP(=O)(O)O. The molecule has 0 aliphatic carbocycles. The summed E-state index contributed by atoms with van der Waals surface area (Å²) >= 11 is 0. The Morgan fingerprint density at radius 3 is 1.08 bits per heavy atom. The van der Waals surface area contributed by atoms with E-state index >= 15 is 0 Å². The van der Waals surface area contributed by atoms with Crippen molar-refractivity contribution in [3.8, 4) is 0 Å². The van der Waals surface area contributed by atoms with Crippen molar-refractivity contribution in [3.05, 3.63) is 0 Å². The van der Waals surface area contributed by atoms with E-state index in [4.69, 9.17) is 33.8 Å². The van der Waals surface area contributed by atoms with Crippen LogP contribution in [-0.4, -0.2) is 148 Å². The summed E-state index contributed by atoms with van der Waals surface area (Å²) in [6.45, 7) is -3.25. The number of aliphatic hydroxyl groups is 1. The van der Waals surface area contributed by atoms with Crippen molar-refractivity contribution in [2.75, 3.05) is 13.2 Å². The molecule has 2 fully saturated rings. The molecular weight excluding hydrogens is 873 g/mol. The van der Waals surface area contributed by atoms with Gasteiger partial charge in [-0.25, -0.2) is 32.0 Å². The number of ether oxygens (including phenoxy) is 3. The van der Waals surface area contributed by atoms with E-state index < -0.39 is 129 Å². The van der Waals surface area contributed by atoms with Gasteiger partial charge in [-0.05, 0) is 0 Å². The molecule has 10 atom stereocenters. The molecule has 2 aliphatic rings. The maximum atomic E-state index is 12.0. The van der Waals surface area contributed by atoms with Crippen LogP contribution in [0.15, 0.2) is 0 Å². The zero-order chi connectivity index (χ0) is 39.8. The Morgan fingerprint density at radius 1 is 0.392 bits per heavy atom. The first-order valence-corrected chi connectivity index (χ1v) is 23.0. The van der Waals surface area contributed by atoms with Gasteiger partial charge in [-0.3, -0.25) is 31.7 Å². The molecule has 0 amide bonds. The van der Waals surface area contributed by atoms with Gasteiger partial charge in [0.15, 0.2) is 12.6 Å². The van der Waals surface area contributed by atoms with Crippen molar-refractivity contribution >= 4 is 54.8 Å². The smallest absolute Gasteiger partial charge is 0.366 e. The highest BCUT2D eigenvalue weighted by atomic mass is 31.2. The molecule has 0 aromatic heterocycles. The van der Waals surface area contributed by atoms with Crippen LogP contribution >= 0.6 is 54.8 Å². The van der Waals surface area contributed by atoms with Gasteiger partial charge in [0.25, 0.3) is 0 Å². The third kappa shape index (κ3) is 18.0. The monoisotopic (exact) mass is 902 g/mol. The first kappa shape index (κ1) is 47.8. The fourth-order valence-corrected chi connectivity index (χ4v) is 7.64. The first-order chi connectivity index (χ1) is 22.5. The van der Waals surface area contributed by atoms with E-state index in [1.165, 1.54) is 0 Å². The molecule has 2 saturated heterocycles. The molecule has 0 aromatic rings. The van der Waals surface area contributed by atoms with E-state index in [0.29, 0.717) is 0 Å². The lowest BCUT2D eigenvalue weighted by atomic mass is 9.97. The maximum absolute atomic E-state index is 12.0. The quantitative estimate of drug-likeness (QED) is 0.0576. The molecule has 0 radical (unpaired) electrons. The van der Waals surface area contributed by atoms with Gasteiger partial charge >= 0.3 is 54.8 Å². The van der Waals surface area contributed by atoms with Crippen LogP contribution < -0.4 is 0 Å². The molecule has 2 heterocycles. The average molecular weight is 902 g/mol. The van der Waals surface area contributed by atoms with Crippen LogP contribution in [0, 0.1) is 0 Å². The summed E-state index contributed by atoms with van der Waals surface area (Å²) in [4.78, 5) is 131. The van der Waals surface area contributed by atoms with Gasteiger partial charge < -0.3 is 87.8 Å².